The van der Waals surface area contributed by atoms with E-state index in [1.54, 1.807) is 0 Å². The van der Waals surface area contributed by atoms with E-state index in [1.165, 1.54) is 0 Å². The minimum atomic E-state index is -1.62. The van der Waals surface area contributed by atoms with Gasteiger partial charge in [0, 0.05) is 12.1 Å². The predicted octanol–water partition coefficient (Wildman–Crippen LogP) is -1.23. The normalized spacial score (nSPS) is 33.3. The van der Waals surface area contributed by atoms with Crippen LogP contribution in [0, 0.1) is 10.1 Å². The Morgan fingerprint density at radius 3 is 2.57 bits per heavy atom. The molecule has 1 aliphatic rings. The average molecular weight is 302 g/mol. The van der Waals surface area contributed by atoms with Gasteiger partial charge in [-0.1, -0.05) is 0 Å². The summed E-state index contributed by atoms with van der Waals surface area (Å²) in [5, 5.41) is 48.7. The number of benzene rings is 1. The number of nitro benzene ring substituents is 1. The van der Waals surface area contributed by atoms with Gasteiger partial charge in [-0.15, -0.1) is 0 Å². The van der Waals surface area contributed by atoms with Crippen molar-refractivity contribution in [1.29, 1.82) is 0 Å². The zero-order chi connectivity index (χ0) is 16.4. The monoisotopic (exact) mass is 302 g/mol. The first-order valence-electron chi connectivity index (χ1n) is 6.57. The van der Waals surface area contributed by atoms with Gasteiger partial charge >= 0.3 is 0 Å². The Kier molecular flexibility index (Phi) is 4.27. The lowest BCUT2D eigenvalue weighted by Crippen LogP contribution is -2.60. The van der Waals surface area contributed by atoms with Gasteiger partial charge in [0.25, 0.3) is 5.69 Å². The maximum Gasteiger partial charge on any atom is 0.269 e. The molecular weight excluding hydrogens is 286 g/mol. The summed E-state index contributed by atoms with van der Waals surface area (Å²) in [7, 11) is 0. The molecule has 21 heavy (non-hydrogen) atoms. The first kappa shape index (κ1) is 14.2. The number of nitro groups is 1. The Bertz CT molecular complexity index is 554. The molecule has 9 heteroatoms. The number of nitrogens with zero attached hydrogens (tertiary/aromatic N) is 1. The molecule has 0 amide bonds. The summed E-state index contributed by atoms with van der Waals surface area (Å²) >= 11 is 0. The molecule has 116 valence electrons. The van der Waals surface area contributed by atoms with Crippen LogP contribution in [0.15, 0.2) is 24.2 Å². The lowest BCUT2D eigenvalue weighted by atomic mass is 9.99. The van der Waals surface area contributed by atoms with Crippen LogP contribution in [0.2, 0.25) is 0 Å². The van der Waals surface area contributed by atoms with E-state index < -0.39 is 42.2 Å². The zero-order valence-corrected chi connectivity index (χ0v) is 10.7. The molecule has 1 aromatic rings. The van der Waals surface area contributed by atoms with Crippen LogP contribution in [-0.4, -0.2) is 62.7 Å². The molecule has 0 saturated carbocycles. The summed E-state index contributed by atoms with van der Waals surface area (Å²) in [6.45, 7) is -0.612. The fourth-order valence-corrected chi connectivity index (χ4v) is 1.88. The van der Waals surface area contributed by atoms with E-state index in [0.717, 1.165) is 18.2 Å². The van der Waals surface area contributed by atoms with Crippen molar-refractivity contribution < 1.29 is 36.2 Å². The van der Waals surface area contributed by atoms with Gasteiger partial charge in [-0.3, -0.25) is 10.1 Å². The van der Waals surface area contributed by atoms with Crippen molar-refractivity contribution in [2.45, 2.75) is 30.7 Å². The van der Waals surface area contributed by atoms with E-state index in [1.807, 2.05) is 0 Å². The van der Waals surface area contributed by atoms with Crippen LogP contribution in [0.5, 0.6) is 5.75 Å². The number of aliphatic hydroxyl groups is 4. The summed E-state index contributed by atoms with van der Waals surface area (Å²) < 4.78 is 18.0. The van der Waals surface area contributed by atoms with Crippen molar-refractivity contribution >= 4 is 5.69 Å². The Morgan fingerprint density at radius 2 is 2.00 bits per heavy atom. The quantitative estimate of drug-likeness (QED) is 0.400. The highest BCUT2D eigenvalue weighted by Crippen LogP contribution is 2.25. The molecule has 2 rings (SSSR count). The molecule has 1 aromatic carbocycles. The molecule has 9 nitrogen and oxygen atoms in total. The van der Waals surface area contributed by atoms with Crippen LogP contribution in [0.1, 0.15) is 1.37 Å². The third-order valence-corrected chi connectivity index (χ3v) is 3.07. The predicted molar refractivity (Wildman–Crippen MR) is 67.5 cm³/mol. The Hall–Kier alpha value is -1.78. The van der Waals surface area contributed by atoms with Gasteiger partial charge in [0.15, 0.2) is 0 Å². The van der Waals surface area contributed by atoms with Crippen molar-refractivity contribution in [1.82, 2.24) is 0 Å². The Labute approximate surface area is 120 Å². The van der Waals surface area contributed by atoms with E-state index in [-0.39, 0.29) is 17.5 Å². The summed E-state index contributed by atoms with van der Waals surface area (Å²) in [5.74, 6) is -0.116. The smallest absolute Gasteiger partial charge is 0.269 e. The van der Waals surface area contributed by atoms with Crippen LogP contribution < -0.4 is 4.74 Å². The maximum absolute atomic E-state index is 10.6. The molecule has 1 saturated heterocycles. The molecule has 0 aromatic heterocycles. The number of aliphatic hydroxyl groups excluding tert-OH is 4. The lowest BCUT2D eigenvalue weighted by Gasteiger charge is -2.39. The third-order valence-electron chi connectivity index (χ3n) is 3.07. The number of non-ortho nitro benzene ring substituents is 1. The van der Waals surface area contributed by atoms with Gasteiger partial charge in [-0.2, -0.15) is 0 Å². The second-order valence-electron chi connectivity index (χ2n) is 4.48. The van der Waals surface area contributed by atoms with Crippen molar-refractivity contribution in [3.63, 3.8) is 0 Å². The molecule has 0 aliphatic carbocycles. The van der Waals surface area contributed by atoms with Gasteiger partial charge < -0.3 is 29.9 Å². The van der Waals surface area contributed by atoms with E-state index in [4.69, 9.17) is 16.0 Å². The van der Waals surface area contributed by atoms with Crippen LogP contribution in [0.4, 0.5) is 5.69 Å². The summed E-state index contributed by atoms with van der Waals surface area (Å²) in [6.07, 6.45) is -7.33. The molecule has 0 radical (unpaired) electrons. The topological polar surface area (TPSA) is 143 Å². The number of ether oxygens (including phenoxy) is 2. The first-order valence-corrected chi connectivity index (χ1v) is 6.07. The molecule has 5 atom stereocenters. The lowest BCUT2D eigenvalue weighted by molar-refractivity contribution is -0.384. The summed E-state index contributed by atoms with van der Waals surface area (Å²) in [5.41, 5.74) is -0.300. The van der Waals surface area contributed by atoms with Gasteiger partial charge in [0.05, 0.1) is 12.9 Å². The van der Waals surface area contributed by atoms with Crippen molar-refractivity contribution in [3.8, 4) is 5.75 Å². The number of hydrogen-bond donors (Lipinski definition) is 4. The van der Waals surface area contributed by atoms with Crippen molar-refractivity contribution in [3.05, 3.63) is 34.4 Å². The molecule has 1 aliphatic heterocycles. The third kappa shape index (κ3) is 3.28. The van der Waals surface area contributed by atoms with Gasteiger partial charge in [-0.05, 0) is 12.1 Å². The minimum absolute atomic E-state index is 0.116. The van der Waals surface area contributed by atoms with Gasteiger partial charge in [-0.25, -0.2) is 0 Å². The van der Waals surface area contributed by atoms with E-state index >= 15 is 0 Å². The second kappa shape index (κ2) is 6.33. The summed E-state index contributed by atoms with van der Waals surface area (Å²) in [6, 6.07) is 2.91. The van der Waals surface area contributed by atoms with Crippen LogP contribution >= 0.6 is 0 Å². The highest BCUT2D eigenvalue weighted by molar-refractivity contribution is 5.36. The SMILES string of the molecule is [2H]c1cc([N+](=O)[O-])ccc1OC1O[C@H](CO)[C@@H](O)[C@H](O)[C@H]1O. The molecule has 1 heterocycles. The molecular formula is C12H15NO8. The van der Waals surface area contributed by atoms with E-state index in [9.17, 15) is 25.4 Å². The molecule has 0 bridgehead atoms. The van der Waals surface area contributed by atoms with Crippen molar-refractivity contribution in [2.75, 3.05) is 6.61 Å². The maximum atomic E-state index is 10.6. The fourth-order valence-electron chi connectivity index (χ4n) is 1.88. The van der Waals surface area contributed by atoms with Crippen LogP contribution in [0.3, 0.4) is 0 Å². The summed E-state index contributed by atoms with van der Waals surface area (Å²) in [4.78, 5) is 9.92. The van der Waals surface area contributed by atoms with Crippen molar-refractivity contribution in [2.24, 2.45) is 0 Å². The van der Waals surface area contributed by atoms with Gasteiger partial charge in [0.1, 0.15) is 30.2 Å². The molecule has 1 fully saturated rings. The van der Waals surface area contributed by atoms with Crippen LogP contribution in [-0.2, 0) is 4.74 Å². The average Bonchev–Trinajstić information content (AvgIpc) is 2.49. The number of hydrogen-bond acceptors (Lipinski definition) is 8. The standard InChI is InChI=1S/C12H15NO8/c14-5-8-9(15)10(16)11(17)12(21-8)20-7-3-1-6(2-4-7)13(18)19/h1-4,8-12,14-17H,5H2/t8-,9-,10+,11-,12?/m1/s1/i3D. The molecule has 1 unspecified atom stereocenters. The van der Waals surface area contributed by atoms with Crippen LogP contribution in [0.25, 0.3) is 0 Å². The largest absolute Gasteiger partial charge is 0.462 e. The molecule has 4 N–H and O–H groups in total. The highest BCUT2D eigenvalue weighted by Gasteiger charge is 2.44. The number of rotatable bonds is 4. The molecule has 0 spiro atoms. The Morgan fingerprint density at radius 1 is 1.29 bits per heavy atom. The zero-order valence-electron chi connectivity index (χ0n) is 11.7. The Balaban J connectivity index is 2.17. The van der Waals surface area contributed by atoms with E-state index in [0.29, 0.717) is 0 Å². The van der Waals surface area contributed by atoms with E-state index in [2.05, 4.69) is 0 Å². The highest BCUT2D eigenvalue weighted by atomic mass is 16.7. The fraction of sp³-hybridized carbons (Fsp3) is 0.500. The van der Waals surface area contributed by atoms with Gasteiger partial charge in [0.2, 0.25) is 6.29 Å². The minimum Gasteiger partial charge on any atom is -0.462 e. The first-order chi connectivity index (χ1) is 10.3. The second-order valence-corrected chi connectivity index (χ2v) is 4.48.